The number of carboxylic acids is 1. The molecule has 0 saturated carbocycles. The molecule has 3 saturated heterocycles. The lowest BCUT2D eigenvalue weighted by atomic mass is 10.1. The van der Waals surface area contributed by atoms with Crippen molar-refractivity contribution in [2.24, 2.45) is 38.7 Å². The van der Waals surface area contributed by atoms with Crippen molar-refractivity contribution in [1.29, 1.82) is 0 Å². The molecule has 0 unspecified atom stereocenters. The molecular weight excluding hydrogens is 1000 g/mol. The Morgan fingerprint density at radius 2 is 1.14 bits per heavy atom. The molecule has 0 aromatic carbocycles. The number of amides is 8. The fourth-order valence-electron chi connectivity index (χ4n) is 9.11. The highest BCUT2D eigenvalue weighted by atomic mass is 32.1. The first-order valence-electron chi connectivity index (χ1n) is 24.5. The van der Waals surface area contributed by atoms with Crippen LogP contribution in [0.15, 0.2) is 45.0 Å². The number of aliphatic imine (C=N–C) groups is 2. The highest BCUT2D eigenvalue weighted by molar-refractivity contribution is 7.10. The predicted molar refractivity (Wildman–Crippen MR) is 274 cm³/mol. The van der Waals surface area contributed by atoms with Gasteiger partial charge in [0.05, 0.1) is 19.2 Å². The van der Waals surface area contributed by atoms with Crippen LogP contribution in [0.3, 0.4) is 0 Å². The van der Waals surface area contributed by atoms with Gasteiger partial charge in [0.25, 0.3) is 0 Å². The number of carbonyl (C=O) groups is 9. The van der Waals surface area contributed by atoms with E-state index in [-0.39, 0.29) is 69.6 Å². The number of aliphatic carboxylic acids is 1. The number of carboxylic acid groups (broad SMARTS) is 1. The summed E-state index contributed by atoms with van der Waals surface area (Å²) in [6.45, 7) is -0.389. The van der Waals surface area contributed by atoms with E-state index in [2.05, 4.69) is 36.6 Å². The Morgan fingerprint density at radius 3 is 1.66 bits per heavy atom. The van der Waals surface area contributed by atoms with Gasteiger partial charge in [0.15, 0.2) is 11.9 Å². The van der Waals surface area contributed by atoms with E-state index < -0.39 is 109 Å². The highest BCUT2D eigenvalue weighted by Gasteiger charge is 2.44. The van der Waals surface area contributed by atoms with Crippen molar-refractivity contribution < 1.29 is 53.4 Å². The molecule has 3 aliphatic heterocycles. The Kier molecular flexibility index (Phi) is 22.3. The predicted octanol–water partition coefficient (Wildman–Crippen LogP) is -3.87. The van der Waals surface area contributed by atoms with Gasteiger partial charge in [0, 0.05) is 55.3 Å². The summed E-state index contributed by atoms with van der Waals surface area (Å²) in [4.78, 5) is 135. The molecule has 2 aromatic rings. The summed E-state index contributed by atoms with van der Waals surface area (Å²) in [7, 11) is 0. The minimum Gasteiger partial charge on any atom is -0.480 e. The number of likely N-dealkylation sites (tertiary alicyclic amines) is 3. The van der Waals surface area contributed by atoms with Gasteiger partial charge in [-0.25, -0.2) is 4.79 Å². The zero-order chi connectivity index (χ0) is 53.9. The monoisotopic (exact) mass is 1070 g/mol. The SMILES string of the molecule is NC(N)=NCCC[C@H](NC(=O)[C@H](Cc1cccs1)NC(=O)[C@@H]1CCCN1C(=O)[C@H](CO)NC(=O)[C@H](Cc1cccs1)NC(=O)CNC(=O)[C@@H]1CCCN1C(=O)[C@@H]1CCCN1C(=O)[C@@H](N)CCCN=C(N)N)C(=O)O. The van der Waals surface area contributed by atoms with Gasteiger partial charge < -0.3 is 80.2 Å². The average Bonchev–Trinajstić information content (AvgIpc) is 4.24. The van der Waals surface area contributed by atoms with Crippen molar-refractivity contribution in [3.05, 3.63) is 44.8 Å². The van der Waals surface area contributed by atoms with Gasteiger partial charge in [-0.15, -0.1) is 22.7 Å². The summed E-state index contributed by atoms with van der Waals surface area (Å²) in [5, 5.41) is 36.7. The van der Waals surface area contributed by atoms with Crippen molar-refractivity contribution in [2.45, 2.75) is 125 Å². The third-order valence-corrected chi connectivity index (χ3v) is 14.6. The van der Waals surface area contributed by atoms with E-state index in [4.69, 9.17) is 28.7 Å². The standard InChI is InChI=1S/C46H69N15O11S2/c47-28(10-1-15-52-45(48)49)41(68)61-19-5-14-35(61)43(70)60-18-3-12-33(60)39(66)54-24-36(63)55-30(22-26-8-6-20-73-26)37(64)58-32(25-62)42(69)59-17-4-13-34(59)40(67)57-31(23-27-9-7-21-74-27)38(65)56-29(44(71)72)11-2-16-53-46(50)51/h6-9,20-21,28-35,62H,1-5,10-19,22-25,47H2,(H,54,66)(H,55,63)(H,56,65)(H,57,67)(H,58,64)(H,71,72)(H4,48,49,52)(H4,50,51,53)/t28-,29-,30-,31-,32-,33-,34-,35-/m0/s1. The molecule has 8 atom stereocenters. The van der Waals surface area contributed by atoms with Crippen LogP contribution in [0.4, 0.5) is 0 Å². The Balaban J connectivity index is 1.18. The second-order valence-corrected chi connectivity index (χ2v) is 20.2. The Hall–Kier alpha value is -6.91. The molecule has 0 bridgehead atoms. The molecule has 406 valence electrons. The summed E-state index contributed by atoms with van der Waals surface area (Å²) >= 11 is 2.62. The molecule has 8 amide bonds. The molecule has 17 N–H and O–H groups in total. The summed E-state index contributed by atoms with van der Waals surface area (Å²) in [6.07, 6.45) is 3.27. The maximum atomic E-state index is 14.1. The maximum Gasteiger partial charge on any atom is 0.326 e. The lowest BCUT2D eigenvalue weighted by Crippen LogP contribution is -2.60. The number of guanidine groups is 2. The van der Waals surface area contributed by atoms with Gasteiger partial charge in [-0.05, 0) is 87.1 Å². The quantitative estimate of drug-likeness (QED) is 0.0231. The molecule has 3 aliphatic rings. The lowest BCUT2D eigenvalue weighted by molar-refractivity contribution is -0.147. The summed E-state index contributed by atoms with van der Waals surface area (Å²) in [5.41, 5.74) is 27.6. The van der Waals surface area contributed by atoms with Gasteiger partial charge >= 0.3 is 5.97 Å². The minimum atomic E-state index is -1.57. The van der Waals surface area contributed by atoms with E-state index in [1.165, 1.54) is 37.4 Å². The number of aliphatic hydroxyl groups excluding tert-OH is 1. The second-order valence-electron chi connectivity index (χ2n) is 18.2. The molecule has 5 rings (SSSR count). The van der Waals surface area contributed by atoms with Gasteiger partial charge in [-0.1, -0.05) is 12.1 Å². The highest BCUT2D eigenvalue weighted by Crippen LogP contribution is 2.26. The number of thiophene rings is 2. The topological polar surface area (TPSA) is 419 Å². The summed E-state index contributed by atoms with van der Waals surface area (Å²) in [6, 6.07) is -2.21. The molecule has 3 fully saturated rings. The molecule has 0 spiro atoms. The minimum absolute atomic E-state index is 0.00933. The van der Waals surface area contributed by atoms with Gasteiger partial charge in [-0.2, -0.15) is 0 Å². The largest absolute Gasteiger partial charge is 0.480 e. The number of aliphatic hydroxyl groups is 1. The van der Waals surface area contributed by atoms with Crippen LogP contribution in [0.25, 0.3) is 0 Å². The van der Waals surface area contributed by atoms with Crippen molar-refractivity contribution in [3.63, 3.8) is 0 Å². The van der Waals surface area contributed by atoms with Crippen LogP contribution in [0, 0.1) is 0 Å². The molecule has 74 heavy (non-hydrogen) atoms. The van der Waals surface area contributed by atoms with Crippen LogP contribution in [0.1, 0.15) is 74.0 Å². The molecule has 0 aliphatic carbocycles. The van der Waals surface area contributed by atoms with E-state index in [0.717, 1.165) is 0 Å². The number of hydrogen-bond acceptors (Lipinski definition) is 15. The van der Waals surface area contributed by atoms with E-state index >= 15 is 0 Å². The fourth-order valence-corrected chi connectivity index (χ4v) is 10.6. The number of nitrogens with one attached hydrogen (secondary N) is 5. The summed E-state index contributed by atoms with van der Waals surface area (Å²) in [5.74, 6) is -6.84. The zero-order valence-electron chi connectivity index (χ0n) is 41.0. The van der Waals surface area contributed by atoms with E-state index in [1.807, 2.05) is 0 Å². The fraction of sp³-hybridized carbons (Fsp3) is 0.587. The van der Waals surface area contributed by atoms with Gasteiger partial charge in [0.2, 0.25) is 47.3 Å². The van der Waals surface area contributed by atoms with Gasteiger partial charge in [0.1, 0.15) is 42.3 Å². The van der Waals surface area contributed by atoms with E-state index in [9.17, 15) is 53.4 Å². The van der Waals surface area contributed by atoms with Crippen LogP contribution in [0.2, 0.25) is 0 Å². The van der Waals surface area contributed by atoms with Gasteiger partial charge in [-0.3, -0.25) is 48.3 Å². The number of nitrogens with two attached hydrogens (primary N) is 5. The Morgan fingerprint density at radius 1 is 0.635 bits per heavy atom. The van der Waals surface area contributed by atoms with Crippen LogP contribution in [-0.4, -0.2) is 184 Å². The smallest absolute Gasteiger partial charge is 0.326 e. The summed E-state index contributed by atoms with van der Waals surface area (Å²) < 4.78 is 0. The first-order valence-corrected chi connectivity index (χ1v) is 26.3. The van der Waals surface area contributed by atoms with E-state index in [1.54, 1.807) is 35.0 Å². The molecule has 0 radical (unpaired) electrons. The molecule has 26 nitrogen and oxygen atoms in total. The Bertz CT molecular complexity index is 2330. The first-order chi connectivity index (χ1) is 35.4. The van der Waals surface area contributed by atoms with Crippen LogP contribution in [-0.2, 0) is 56.0 Å². The number of carbonyl (C=O) groups excluding carboxylic acids is 8. The van der Waals surface area contributed by atoms with Crippen LogP contribution < -0.4 is 55.3 Å². The molecular formula is C46H69N15O11S2. The molecule has 2 aromatic heterocycles. The second kappa shape index (κ2) is 28.5. The number of nitrogens with zero attached hydrogens (tertiary/aromatic N) is 5. The zero-order valence-corrected chi connectivity index (χ0v) is 42.7. The number of hydrogen-bond donors (Lipinski definition) is 12. The van der Waals surface area contributed by atoms with Crippen molar-refractivity contribution in [2.75, 3.05) is 45.9 Å². The average molecular weight is 1070 g/mol. The van der Waals surface area contributed by atoms with Crippen molar-refractivity contribution in [3.8, 4) is 0 Å². The van der Waals surface area contributed by atoms with E-state index in [0.29, 0.717) is 67.8 Å². The third-order valence-electron chi connectivity index (χ3n) is 12.8. The lowest BCUT2D eigenvalue weighted by Gasteiger charge is -2.32. The van der Waals surface area contributed by atoms with Crippen molar-refractivity contribution in [1.82, 2.24) is 41.3 Å². The van der Waals surface area contributed by atoms with Crippen LogP contribution in [0.5, 0.6) is 0 Å². The first kappa shape index (κ1) is 58.0. The maximum absolute atomic E-state index is 14.1. The third kappa shape index (κ3) is 16.8. The van der Waals surface area contributed by atoms with Crippen molar-refractivity contribution >= 4 is 87.8 Å². The molecule has 5 heterocycles. The molecule has 28 heteroatoms. The normalized spacial score (nSPS) is 19.3. The van der Waals surface area contributed by atoms with Crippen LogP contribution >= 0.6 is 22.7 Å². The number of rotatable bonds is 27. The Labute approximate surface area is 435 Å².